The number of hydrogen-bond acceptors (Lipinski definition) is 2. The molecule has 0 heterocycles. The van der Waals surface area contributed by atoms with E-state index in [1.807, 2.05) is 20.8 Å². The molecule has 1 amide bonds. The summed E-state index contributed by atoms with van der Waals surface area (Å²) in [6.45, 7) is 5.56. The van der Waals surface area contributed by atoms with Crippen molar-refractivity contribution in [2.45, 2.75) is 20.8 Å². The SMILES string of the molecule is CON(C)C(=O)C(C)(C)C. The van der Waals surface area contributed by atoms with Crippen LogP contribution >= 0.6 is 0 Å². The van der Waals surface area contributed by atoms with E-state index in [4.69, 9.17) is 4.84 Å². The molecule has 0 rings (SSSR count). The highest BCUT2D eigenvalue weighted by atomic mass is 16.7. The zero-order valence-electron chi connectivity index (χ0n) is 7.26. The Bertz CT molecular complexity index is 126. The fourth-order valence-corrected chi connectivity index (χ4v) is 0.555. The van der Waals surface area contributed by atoms with Gasteiger partial charge in [0.2, 0.25) is 0 Å². The van der Waals surface area contributed by atoms with Crippen LogP contribution in [-0.4, -0.2) is 25.1 Å². The molecule has 0 bridgehead atoms. The van der Waals surface area contributed by atoms with E-state index in [1.54, 1.807) is 7.05 Å². The molecule has 60 valence electrons. The third kappa shape index (κ3) is 2.35. The molecular formula is C7H15NO2. The lowest BCUT2D eigenvalue weighted by atomic mass is 9.96. The molecule has 0 radical (unpaired) electrons. The molecule has 0 aromatic heterocycles. The average Bonchev–Trinajstić information content (AvgIpc) is 1.83. The summed E-state index contributed by atoms with van der Waals surface area (Å²) in [5.41, 5.74) is -0.356. The summed E-state index contributed by atoms with van der Waals surface area (Å²) in [5.74, 6) is -0.0185. The van der Waals surface area contributed by atoms with E-state index in [0.717, 1.165) is 0 Å². The molecule has 0 unspecified atom stereocenters. The second-order valence-corrected chi connectivity index (χ2v) is 3.24. The molecule has 0 aliphatic carbocycles. The van der Waals surface area contributed by atoms with Gasteiger partial charge in [0.25, 0.3) is 5.91 Å². The van der Waals surface area contributed by atoms with Gasteiger partial charge in [-0.15, -0.1) is 0 Å². The fourth-order valence-electron chi connectivity index (χ4n) is 0.555. The van der Waals surface area contributed by atoms with Crippen molar-refractivity contribution in [1.82, 2.24) is 5.06 Å². The summed E-state index contributed by atoms with van der Waals surface area (Å²) in [7, 11) is 3.08. The third-order valence-corrected chi connectivity index (χ3v) is 1.20. The maximum absolute atomic E-state index is 11.2. The van der Waals surface area contributed by atoms with Gasteiger partial charge in [-0.2, -0.15) is 0 Å². The zero-order chi connectivity index (χ0) is 8.36. The number of rotatable bonds is 1. The van der Waals surface area contributed by atoms with Gasteiger partial charge in [0.15, 0.2) is 0 Å². The van der Waals surface area contributed by atoms with Crippen LogP contribution in [0.25, 0.3) is 0 Å². The van der Waals surface area contributed by atoms with Gasteiger partial charge < -0.3 is 0 Å². The largest absolute Gasteiger partial charge is 0.275 e. The van der Waals surface area contributed by atoms with Crippen LogP contribution in [0.5, 0.6) is 0 Å². The van der Waals surface area contributed by atoms with Crippen LogP contribution in [0.2, 0.25) is 0 Å². The van der Waals surface area contributed by atoms with Crippen LogP contribution in [0.1, 0.15) is 20.8 Å². The Hall–Kier alpha value is -0.570. The minimum atomic E-state index is -0.356. The van der Waals surface area contributed by atoms with Crippen LogP contribution in [0.4, 0.5) is 0 Å². The number of hydroxylamine groups is 2. The highest BCUT2D eigenvalue weighted by Gasteiger charge is 2.24. The van der Waals surface area contributed by atoms with Crippen LogP contribution in [0, 0.1) is 5.41 Å². The first kappa shape index (κ1) is 9.43. The maximum atomic E-state index is 11.2. The third-order valence-electron chi connectivity index (χ3n) is 1.20. The van der Waals surface area contributed by atoms with Crippen LogP contribution in [0.15, 0.2) is 0 Å². The summed E-state index contributed by atoms with van der Waals surface area (Å²) in [6, 6.07) is 0. The van der Waals surface area contributed by atoms with Crippen LogP contribution in [-0.2, 0) is 9.63 Å². The molecule has 0 aliphatic heterocycles. The van der Waals surface area contributed by atoms with Gasteiger partial charge in [-0.25, -0.2) is 5.06 Å². The lowest BCUT2D eigenvalue weighted by Gasteiger charge is -2.23. The van der Waals surface area contributed by atoms with E-state index in [0.29, 0.717) is 0 Å². The monoisotopic (exact) mass is 145 g/mol. The van der Waals surface area contributed by atoms with E-state index in [-0.39, 0.29) is 11.3 Å². The molecule has 0 N–H and O–H groups in total. The van der Waals surface area contributed by atoms with Crippen LogP contribution < -0.4 is 0 Å². The molecule has 0 atom stereocenters. The first-order chi connectivity index (χ1) is 4.39. The molecule has 10 heavy (non-hydrogen) atoms. The second-order valence-electron chi connectivity index (χ2n) is 3.24. The lowest BCUT2D eigenvalue weighted by Crippen LogP contribution is -2.35. The number of carbonyl (C=O) groups is 1. The predicted octanol–water partition coefficient (Wildman–Crippen LogP) is 1.05. The molecule has 3 heteroatoms. The number of nitrogens with zero attached hydrogens (tertiary/aromatic N) is 1. The molecular weight excluding hydrogens is 130 g/mol. The van der Waals surface area contributed by atoms with Gasteiger partial charge in [-0.05, 0) is 0 Å². The highest BCUT2D eigenvalue weighted by molar-refractivity contribution is 5.80. The minimum Gasteiger partial charge on any atom is -0.275 e. The Labute approximate surface area is 61.9 Å². The van der Waals surface area contributed by atoms with Crippen molar-refractivity contribution in [2.75, 3.05) is 14.2 Å². The van der Waals surface area contributed by atoms with Gasteiger partial charge in [0, 0.05) is 12.5 Å². The standard InChI is InChI=1S/C7H15NO2/c1-7(2,3)6(9)8(4)10-5/h1-5H3. The summed E-state index contributed by atoms with van der Waals surface area (Å²) in [4.78, 5) is 15.9. The Morgan fingerprint density at radius 1 is 1.40 bits per heavy atom. The molecule has 0 aromatic rings. The first-order valence-electron chi connectivity index (χ1n) is 3.22. The lowest BCUT2D eigenvalue weighted by molar-refractivity contribution is -0.177. The Morgan fingerprint density at radius 3 is 1.90 bits per heavy atom. The maximum Gasteiger partial charge on any atom is 0.251 e. The molecule has 0 aliphatic rings. The summed E-state index contributed by atoms with van der Waals surface area (Å²) >= 11 is 0. The zero-order valence-corrected chi connectivity index (χ0v) is 7.26. The van der Waals surface area contributed by atoms with Crippen LogP contribution in [0.3, 0.4) is 0 Å². The van der Waals surface area contributed by atoms with Crippen molar-refractivity contribution in [3.05, 3.63) is 0 Å². The van der Waals surface area contributed by atoms with Crippen molar-refractivity contribution in [3.63, 3.8) is 0 Å². The Morgan fingerprint density at radius 2 is 1.80 bits per heavy atom. The Balaban J connectivity index is 4.09. The van der Waals surface area contributed by atoms with Crippen molar-refractivity contribution >= 4 is 5.91 Å². The fraction of sp³-hybridized carbons (Fsp3) is 0.857. The normalized spacial score (nSPS) is 11.3. The average molecular weight is 145 g/mol. The predicted molar refractivity (Wildman–Crippen MR) is 39.2 cm³/mol. The molecule has 0 saturated carbocycles. The molecule has 0 spiro atoms. The van der Waals surface area contributed by atoms with Crippen molar-refractivity contribution in [1.29, 1.82) is 0 Å². The number of amides is 1. The van der Waals surface area contributed by atoms with Gasteiger partial charge >= 0.3 is 0 Å². The van der Waals surface area contributed by atoms with Gasteiger partial charge in [0.05, 0.1) is 7.11 Å². The Kier molecular flexibility index (Phi) is 2.84. The number of hydrogen-bond donors (Lipinski definition) is 0. The van der Waals surface area contributed by atoms with Crippen molar-refractivity contribution in [2.24, 2.45) is 5.41 Å². The molecule has 0 saturated heterocycles. The van der Waals surface area contributed by atoms with E-state index in [9.17, 15) is 4.79 Å². The van der Waals surface area contributed by atoms with E-state index >= 15 is 0 Å². The molecule has 0 aromatic carbocycles. The molecule has 0 fully saturated rings. The summed E-state index contributed by atoms with van der Waals surface area (Å²) < 4.78 is 0. The minimum absolute atomic E-state index is 0.0185. The second kappa shape index (κ2) is 3.01. The van der Waals surface area contributed by atoms with E-state index in [1.165, 1.54) is 12.2 Å². The van der Waals surface area contributed by atoms with Gasteiger partial charge in [0.1, 0.15) is 0 Å². The summed E-state index contributed by atoms with van der Waals surface area (Å²) in [5, 5.41) is 1.24. The smallest absolute Gasteiger partial charge is 0.251 e. The highest BCUT2D eigenvalue weighted by Crippen LogP contribution is 2.15. The van der Waals surface area contributed by atoms with E-state index in [2.05, 4.69) is 0 Å². The first-order valence-corrected chi connectivity index (χ1v) is 3.22. The quantitative estimate of drug-likeness (QED) is 0.516. The summed E-state index contributed by atoms with van der Waals surface area (Å²) in [6.07, 6.45) is 0. The van der Waals surface area contributed by atoms with Crippen molar-refractivity contribution < 1.29 is 9.63 Å². The van der Waals surface area contributed by atoms with E-state index < -0.39 is 0 Å². The topological polar surface area (TPSA) is 29.5 Å². The number of carbonyl (C=O) groups excluding carboxylic acids is 1. The molecule has 3 nitrogen and oxygen atoms in total. The van der Waals surface area contributed by atoms with Crippen molar-refractivity contribution in [3.8, 4) is 0 Å². The van der Waals surface area contributed by atoms with Gasteiger partial charge in [-0.3, -0.25) is 9.63 Å². The van der Waals surface area contributed by atoms with Gasteiger partial charge in [-0.1, -0.05) is 20.8 Å².